The molecular weight excluding hydrogens is 302 g/mol. The Morgan fingerprint density at radius 2 is 1.86 bits per heavy atom. The molecule has 1 aromatic heterocycles. The smallest absolute Gasteiger partial charge is 0.279 e. The van der Waals surface area contributed by atoms with Crippen LogP contribution in [0, 0.1) is 6.92 Å². The first-order valence-corrected chi connectivity index (χ1v) is 7.83. The van der Waals surface area contributed by atoms with Gasteiger partial charge in [0, 0.05) is 11.4 Å². The van der Waals surface area contributed by atoms with Crippen molar-refractivity contribution < 1.29 is 4.79 Å². The third-order valence-electron chi connectivity index (χ3n) is 2.79. The number of carbonyl (C=O) groups excluding carboxylic acids is 1. The first-order chi connectivity index (χ1) is 10.1. The molecular formula is C15H17N3OS2. The molecule has 0 saturated heterocycles. The summed E-state index contributed by atoms with van der Waals surface area (Å²) in [6.07, 6.45) is 0. The summed E-state index contributed by atoms with van der Waals surface area (Å²) in [5.41, 5.74) is 7.57. The molecule has 21 heavy (non-hydrogen) atoms. The number of amides is 1. The summed E-state index contributed by atoms with van der Waals surface area (Å²) in [7, 11) is 0. The second-order valence-corrected chi connectivity index (χ2v) is 5.96. The molecule has 1 amide bonds. The molecule has 2 aromatic rings. The standard InChI is InChI=1S/C15H17N3OS2/c1-3-16-15(20)18-17-14(19)13-9-8-12(21-13)11-6-4-10(2)5-7-11/h4-9H,3H2,1-2H3,(H,17,19)(H2,16,18,20). The maximum atomic E-state index is 12.0. The number of carbonyl (C=O) groups is 1. The average molecular weight is 319 g/mol. The van der Waals surface area contributed by atoms with Crippen molar-refractivity contribution in [1.29, 1.82) is 0 Å². The van der Waals surface area contributed by atoms with E-state index in [4.69, 9.17) is 12.2 Å². The topological polar surface area (TPSA) is 53.2 Å². The zero-order valence-corrected chi connectivity index (χ0v) is 13.5. The molecule has 110 valence electrons. The number of hydrogen-bond acceptors (Lipinski definition) is 3. The summed E-state index contributed by atoms with van der Waals surface area (Å²) < 4.78 is 0. The fourth-order valence-electron chi connectivity index (χ4n) is 1.71. The first-order valence-electron chi connectivity index (χ1n) is 6.61. The van der Waals surface area contributed by atoms with Crippen molar-refractivity contribution in [3.8, 4) is 10.4 Å². The van der Waals surface area contributed by atoms with Crippen LogP contribution in [-0.4, -0.2) is 17.6 Å². The van der Waals surface area contributed by atoms with Crippen molar-refractivity contribution in [2.24, 2.45) is 0 Å². The Morgan fingerprint density at radius 3 is 2.52 bits per heavy atom. The van der Waals surface area contributed by atoms with Crippen LogP contribution < -0.4 is 16.2 Å². The van der Waals surface area contributed by atoms with E-state index in [-0.39, 0.29) is 5.91 Å². The Hall–Kier alpha value is -1.92. The molecule has 0 aliphatic heterocycles. The first kappa shape index (κ1) is 15.5. The molecule has 4 nitrogen and oxygen atoms in total. The van der Waals surface area contributed by atoms with Gasteiger partial charge < -0.3 is 5.32 Å². The quantitative estimate of drug-likeness (QED) is 0.601. The Balaban J connectivity index is 2.00. The summed E-state index contributed by atoms with van der Waals surface area (Å²) in [5, 5.41) is 3.30. The average Bonchev–Trinajstić information content (AvgIpc) is 2.96. The summed E-state index contributed by atoms with van der Waals surface area (Å²) in [5.74, 6) is -0.196. The van der Waals surface area contributed by atoms with Crippen LogP contribution in [0.2, 0.25) is 0 Å². The lowest BCUT2D eigenvalue weighted by Crippen LogP contribution is -2.46. The Labute approximate surface area is 133 Å². The summed E-state index contributed by atoms with van der Waals surface area (Å²) in [6.45, 7) is 4.69. The second-order valence-electron chi connectivity index (χ2n) is 4.47. The van der Waals surface area contributed by atoms with Gasteiger partial charge in [0.05, 0.1) is 4.88 Å². The van der Waals surface area contributed by atoms with E-state index in [0.29, 0.717) is 16.5 Å². The lowest BCUT2D eigenvalue weighted by molar-refractivity contribution is 0.0948. The number of benzene rings is 1. The highest BCUT2D eigenvalue weighted by atomic mass is 32.1. The van der Waals surface area contributed by atoms with E-state index in [1.165, 1.54) is 16.9 Å². The molecule has 2 rings (SSSR count). The summed E-state index contributed by atoms with van der Waals surface area (Å²) >= 11 is 6.43. The van der Waals surface area contributed by atoms with Gasteiger partial charge in [0.25, 0.3) is 5.91 Å². The molecule has 6 heteroatoms. The fraction of sp³-hybridized carbons (Fsp3) is 0.200. The number of nitrogens with one attached hydrogen (secondary N) is 3. The predicted octanol–water partition coefficient (Wildman–Crippen LogP) is 2.85. The molecule has 0 fully saturated rings. The Bertz CT molecular complexity index is 635. The highest BCUT2D eigenvalue weighted by Gasteiger charge is 2.10. The molecule has 0 spiro atoms. The Morgan fingerprint density at radius 1 is 1.14 bits per heavy atom. The number of hydrazine groups is 1. The van der Waals surface area contributed by atoms with Gasteiger partial charge in [0.1, 0.15) is 0 Å². The number of thiocarbonyl (C=S) groups is 1. The van der Waals surface area contributed by atoms with Crippen molar-refractivity contribution in [2.45, 2.75) is 13.8 Å². The van der Waals surface area contributed by atoms with Crippen molar-refractivity contribution in [3.63, 3.8) is 0 Å². The monoisotopic (exact) mass is 319 g/mol. The minimum Gasteiger partial charge on any atom is -0.362 e. The lowest BCUT2D eigenvalue weighted by atomic mass is 10.1. The minimum absolute atomic E-state index is 0.196. The molecule has 0 aliphatic rings. The predicted molar refractivity (Wildman–Crippen MR) is 91.4 cm³/mol. The Kier molecular flexibility index (Phi) is 5.30. The number of thiophene rings is 1. The molecule has 0 atom stereocenters. The van der Waals surface area contributed by atoms with Crippen LogP contribution >= 0.6 is 23.6 Å². The molecule has 3 N–H and O–H groups in total. The van der Waals surface area contributed by atoms with Crippen molar-refractivity contribution in [1.82, 2.24) is 16.2 Å². The van der Waals surface area contributed by atoms with Gasteiger partial charge in [0.15, 0.2) is 5.11 Å². The van der Waals surface area contributed by atoms with E-state index in [0.717, 1.165) is 10.4 Å². The molecule has 1 aromatic carbocycles. The van der Waals surface area contributed by atoms with Crippen LogP contribution in [0.5, 0.6) is 0 Å². The van der Waals surface area contributed by atoms with Gasteiger partial charge in [-0.2, -0.15) is 0 Å². The van der Waals surface area contributed by atoms with Crippen LogP contribution in [-0.2, 0) is 0 Å². The largest absolute Gasteiger partial charge is 0.362 e. The zero-order chi connectivity index (χ0) is 15.2. The summed E-state index contributed by atoms with van der Waals surface area (Å²) in [6, 6.07) is 12.0. The van der Waals surface area contributed by atoms with E-state index in [1.807, 2.05) is 19.1 Å². The van der Waals surface area contributed by atoms with Gasteiger partial charge in [-0.25, -0.2) is 0 Å². The van der Waals surface area contributed by atoms with Gasteiger partial charge in [0.2, 0.25) is 0 Å². The van der Waals surface area contributed by atoms with E-state index >= 15 is 0 Å². The summed E-state index contributed by atoms with van der Waals surface area (Å²) in [4.78, 5) is 13.7. The van der Waals surface area contributed by atoms with Crippen LogP contribution in [0.15, 0.2) is 36.4 Å². The number of hydrogen-bond donors (Lipinski definition) is 3. The highest BCUT2D eigenvalue weighted by molar-refractivity contribution is 7.80. The van der Waals surface area contributed by atoms with Gasteiger partial charge in [-0.15, -0.1) is 11.3 Å². The van der Waals surface area contributed by atoms with Crippen LogP contribution in [0.4, 0.5) is 0 Å². The van der Waals surface area contributed by atoms with Gasteiger partial charge in [-0.05, 0) is 43.8 Å². The second kappa shape index (κ2) is 7.19. The van der Waals surface area contributed by atoms with Crippen molar-refractivity contribution in [3.05, 3.63) is 46.8 Å². The molecule has 0 bridgehead atoms. The molecule has 0 unspecified atom stereocenters. The van der Waals surface area contributed by atoms with E-state index in [1.54, 1.807) is 0 Å². The fourth-order valence-corrected chi connectivity index (χ4v) is 2.81. The molecule has 0 aliphatic carbocycles. The SMILES string of the molecule is CCNC(=S)NNC(=O)c1ccc(-c2ccc(C)cc2)s1. The third-order valence-corrected chi connectivity index (χ3v) is 4.17. The van der Waals surface area contributed by atoms with Crippen molar-refractivity contribution >= 4 is 34.6 Å². The third kappa shape index (κ3) is 4.27. The molecule has 1 heterocycles. The van der Waals surface area contributed by atoms with Gasteiger partial charge in [-0.3, -0.25) is 15.6 Å². The van der Waals surface area contributed by atoms with Gasteiger partial charge in [-0.1, -0.05) is 29.8 Å². The van der Waals surface area contributed by atoms with Crippen LogP contribution in [0.1, 0.15) is 22.2 Å². The lowest BCUT2D eigenvalue weighted by Gasteiger charge is -2.08. The normalized spacial score (nSPS) is 10.0. The van der Waals surface area contributed by atoms with Gasteiger partial charge >= 0.3 is 0 Å². The molecule has 0 saturated carbocycles. The van der Waals surface area contributed by atoms with Crippen LogP contribution in [0.3, 0.4) is 0 Å². The maximum absolute atomic E-state index is 12.0. The number of aryl methyl sites for hydroxylation is 1. The van der Waals surface area contributed by atoms with Crippen LogP contribution in [0.25, 0.3) is 10.4 Å². The van der Waals surface area contributed by atoms with E-state index in [9.17, 15) is 4.79 Å². The van der Waals surface area contributed by atoms with E-state index < -0.39 is 0 Å². The zero-order valence-electron chi connectivity index (χ0n) is 11.9. The van der Waals surface area contributed by atoms with E-state index in [2.05, 4.69) is 47.4 Å². The number of rotatable bonds is 3. The molecule has 0 radical (unpaired) electrons. The minimum atomic E-state index is -0.196. The highest BCUT2D eigenvalue weighted by Crippen LogP contribution is 2.28. The van der Waals surface area contributed by atoms with Crippen molar-refractivity contribution in [2.75, 3.05) is 6.54 Å². The maximum Gasteiger partial charge on any atom is 0.279 e.